The van der Waals surface area contributed by atoms with Gasteiger partial charge in [0.1, 0.15) is 5.69 Å². The average molecular weight is 350 g/mol. The van der Waals surface area contributed by atoms with Gasteiger partial charge < -0.3 is 10.4 Å². The molecule has 25 heavy (non-hydrogen) atoms. The molecular formula is C17H26N4O4. The van der Waals surface area contributed by atoms with E-state index in [1.165, 1.54) is 25.7 Å². The first kappa shape index (κ1) is 17.8. The summed E-state index contributed by atoms with van der Waals surface area (Å²) in [6.45, 7) is 2.49. The monoisotopic (exact) mass is 350 g/mol. The van der Waals surface area contributed by atoms with E-state index in [-0.39, 0.29) is 17.5 Å². The highest BCUT2D eigenvalue weighted by atomic mass is 16.6. The summed E-state index contributed by atoms with van der Waals surface area (Å²) < 4.78 is 4.47. The second-order valence-corrected chi connectivity index (χ2v) is 7.03. The number of carboxylic acids is 1. The lowest BCUT2D eigenvalue weighted by molar-refractivity contribution is -0.127. The minimum absolute atomic E-state index is 0.0673. The minimum atomic E-state index is -1.14. The van der Waals surface area contributed by atoms with E-state index in [2.05, 4.69) is 25.2 Å². The summed E-state index contributed by atoms with van der Waals surface area (Å²) in [7, 11) is 0. The Hall–Kier alpha value is -1.96. The second kappa shape index (κ2) is 8.42. The van der Waals surface area contributed by atoms with Crippen molar-refractivity contribution < 1.29 is 19.3 Å². The maximum atomic E-state index is 12.4. The van der Waals surface area contributed by atoms with E-state index in [0.29, 0.717) is 31.1 Å². The molecule has 1 unspecified atom stereocenters. The SMILES string of the molecule is O=C(O)c1nonc1CCCNC(=O)C1CCCN(C2CCCC2)C1. The fourth-order valence-electron chi connectivity index (χ4n) is 3.97. The lowest BCUT2D eigenvalue weighted by Crippen LogP contribution is -2.46. The first-order chi connectivity index (χ1) is 12.1. The summed E-state index contributed by atoms with van der Waals surface area (Å²) >= 11 is 0. The van der Waals surface area contributed by atoms with Crippen LogP contribution in [0.5, 0.6) is 0 Å². The zero-order valence-corrected chi connectivity index (χ0v) is 14.4. The third kappa shape index (κ3) is 4.56. The van der Waals surface area contributed by atoms with E-state index < -0.39 is 5.97 Å². The molecule has 138 valence electrons. The van der Waals surface area contributed by atoms with Gasteiger partial charge >= 0.3 is 5.97 Å². The number of nitrogens with one attached hydrogen (secondary N) is 1. The Kier molecular flexibility index (Phi) is 6.01. The number of rotatable bonds is 7. The molecule has 2 heterocycles. The lowest BCUT2D eigenvalue weighted by atomic mass is 9.95. The van der Waals surface area contributed by atoms with Crippen molar-refractivity contribution in [3.05, 3.63) is 11.4 Å². The van der Waals surface area contributed by atoms with Crippen LogP contribution in [-0.2, 0) is 11.2 Å². The number of carboxylic acid groups (broad SMARTS) is 1. The number of piperidine rings is 1. The molecule has 8 nitrogen and oxygen atoms in total. The van der Waals surface area contributed by atoms with Gasteiger partial charge in [0.25, 0.3) is 0 Å². The summed E-state index contributed by atoms with van der Waals surface area (Å²) in [5.41, 5.74) is 0.178. The van der Waals surface area contributed by atoms with E-state index in [1.54, 1.807) is 0 Å². The van der Waals surface area contributed by atoms with Gasteiger partial charge in [-0.1, -0.05) is 18.0 Å². The van der Waals surface area contributed by atoms with Gasteiger partial charge in [-0.25, -0.2) is 9.42 Å². The topological polar surface area (TPSA) is 109 Å². The molecule has 2 aliphatic rings. The quantitative estimate of drug-likeness (QED) is 0.717. The van der Waals surface area contributed by atoms with Crippen molar-refractivity contribution in [2.75, 3.05) is 19.6 Å². The summed E-state index contributed by atoms with van der Waals surface area (Å²) in [6, 6.07) is 0.671. The molecule has 1 aliphatic carbocycles. The van der Waals surface area contributed by atoms with Gasteiger partial charge in [-0.15, -0.1) is 0 Å². The summed E-state index contributed by atoms with van der Waals surface area (Å²) in [5, 5.41) is 18.9. The number of nitrogens with zero attached hydrogens (tertiary/aromatic N) is 3. The predicted molar refractivity (Wildman–Crippen MR) is 89.1 cm³/mol. The fraction of sp³-hybridized carbons (Fsp3) is 0.765. The van der Waals surface area contributed by atoms with Crippen LogP contribution in [0.25, 0.3) is 0 Å². The largest absolute Gasteiger partial charge is 0.476 e. The van der Waals surface area contributed by atoms with Gasteiger partial charge in [-0.05, 0) is 50.2 Å². The standard InChI is InChI=1S/C17H26N4O4/c22-16(12-5-4-10-21(11-12)13-6-1-2-7-13)18-9-3-8-14-15(17(23)24)20-25-19-14/h12-13H,1-11H2,(H,18,22)(H,23,24). The number of amides is 1. The maximum Gasteiger partial charge on any atom is 0.360 e. The zero-order chi connectivity index (χ0) is 17.6. The summed E-state index contributed by atoms with van der Waals surface area (Å²) in [5.74, 6) is -0.966. The summed E-state index contributed by atoms with van der Waals surface area (Å²) in [6.07, 6.45) is 8.23. The van der Waals surface area contributed by atoms with E-state index in [1.807, 2.05) is 0 Å². The van der Waals surface area contributed by atoms with Crippen molar-refractivity contribution in [3.8, 4) is 0 Å². The van der Waals surface area contributed by atoms with Crippen LogP contribution >= 0.6 is 0 Å². The highest BCUT2D eigenvalue weighted by Crippen LogP contribution is 2.27. The molecule has 2 fully saturated rings. The van der Waals surface area contributed by atoms with Crippen LogP contribution in [0.2, 0.25) is 0 Å². The fourth-order valence-corrected chi connectivity index (χ4v) is 3.97. The third-order valence-corrected chi connectivity index (χ3v) is 5.31. The first-order valence-electron chi connectivity index (χ1n) is 9.21. The van der Waals surface area contributed by atoms with E-state index in [0.717, 1.165) is 25.9 Å². The number of aromatic carboxylic acids is 1. The normalized spacial score (nSPS) is 22.2. The molecular weight excluding hydrogens is 324 g/mol. The smallest absolute Gasteiger partial charge is 0.360 e. The van der Waals surface area contributed by atoms with Crippen LogP contribution in [0.4, 0.5) is 0 Å². The molecule has 0 bridgehead atoms. The Labute approximate surface area is 146 Å². The lowest BCUT2D eigenvalue weighted by Gasteiger charge is -2.36. The van der Waals surface area contributed by atoms with Gasteiger partial charge in [0.2, 0.25) is 11.6 Å². The molecule has 1 saturated heterocycles. The molecule has 1 aromatic rings. The maximum absolute atomic E-state index is 12.4. The van der Waals surface area contributed by atoms with Crippen LogP contribution in [0, 0.1) is 5.92 Å². The number of carbonyl (C=O) groups excluding carboxylic acids is 1. The highest BCUT2D eigenvalue weighted by Gasteiger charge is 2.30. The Balaban J connectivity index is 1.40. The zero-order valence-electron chi connectivity index (χ0n) is 14.4. The Morgan fingerprint density at radius 2 is 2.00 bits per heavy atom. The number of carbonyl (C=O) groups is 2. The molecule has 1 amide bonds. The van der Waals surface area contributed by atoms with Crippen LogP contribution < -0.4 is 5.32 Å². The van der Waals surface area contributed by atoms with Crippen LogP contribution in [0.3, 0.4) is 0 Å². The van der Waals surface area contributed by atoms with Crippen molar-refractivity contribution in [2.24, 2.45) is 5.92 Å². The molecule has 0 aromatic carbocycles. The van der Waals surface area contributed by atoms with Crippen LogP contribution in [0.1, 0.15) is 61.1 Å². The molecule has 1 saturated carbocycles. The Bertz CT molecular complexity index is 597. The summed E-state index contributed by atoms with van der Waals surface area (Å²) in [4.78, 5) is 25.9. The number of aromatic nitrogens is 2. The average Bonchev–Trinajstić information content (AvgIpc) is 3.30. The van der Waals surface area contributed by atoms with Crippen molar-refractivity contribution in [1.29, 1.82) is 0 Å². The molecule has 1 aliphatic heterocycles. The minimum Gasteiger partial charge on any atom is -0.476 e. The second-order valence-electron chi connectivity index (χ2n) is 7.03. The molecule has 2 N–H and O–H groups in total. The highest BCUT2D eigenvalue weighted by molar-refractivity contribution is 5.86. The van der Waals surface area contributed by atoms with Gasteiger partial charge in [-0.2, -0.15) is 0 Å². The molecule has 8 heteroatoms. The third-order valence-electron chi connectivity index (χ3n) is 5.31. The number of hydrogen-bond donors (Lipinski definition) is 2. The number of aryl methyl sites for hydroxylation is 1. The van der Waals surface area contributed by atoms with E-state index in [4.69, 9.17) is 5.11 Å². The molecule has 1 aromatic heterocycles. The van der Waals surface area contributed by atoms with Gasteiger partial charge in [-0.3, -0.25) is 9.69 Å². The van der Waals surface area contributed by atoms with Gasteiger partial charge in [0, 0.05) is 19.1 Å². The van der Waals surface area contributed by atoms with Gasteiger partial charge in [0.15, 0.2) is 0 Å². The van der Waals surface area contributed by atoms with Gasteiger partial charge in [0.05, 0.1) is 5.92 Å². The van der Waals surface area contributed by atoms with Crippen LogP contribution in [-0.4, -0.2) is 57.9 Å². The predicted octanol–water partition coefficient (Wildman–Crippen LogP) is 1.47. The number of likely N-dealkylation sites (tertiary alicyclic amines) is 1. The van der Waals surface area contributed by atoms with Crippen molar-refractivity contribution >= 4 is 11.9 Å². The molecule has 0 spiro atoms. The van der Waals surface area contributed by atoms with Crippen molar-refractivity contribution in [1.82, 2.24) is 20.5 Å². The first-order valence-corrected chi connectivity index (χ1v) is 9.21. The molecule has 0 radical (unpaired) electrons. The van der Waals surface area contributed by atoms with E-state index >= 15 is 0 Å². The number of hydrogen-bond acceptors (Lipinski definition) is 6. The molecule has 1 atom stereocenters. The molecule has 3 rings (SSSR count). The Morgan fingerprint density at radius 3 is 2.76 bits per heavy atom. The van der Waals surface area contributed by atoms with Crippen molar-refractivity contribution in [2.45, 2.75) is 57.4 Å². The van der Waals surface area contributed by atoms with Crippen LogP contribution in [0.15, 0.2) is 4.63 Å². The Morgan fingerprint density at radius 1 is 1.20 bits per heavy atom. The van der Waals surface area contributed by atoms with E-state index in [9.17, 15) is 9.59 Å². The van der Waals surface area contributed by atoms with Crippen molar-refractivity contribution in [3.63, 3.8) is 0 Å².